The molecule has 1 rings (SSSR count). The number of rotatable bonds is 6. The van der Waals surface area contributed by atoms with Crippen LogP contribution in [0.5, 0.6) is 0 Å². The van der Waals surface area contributed by atoms with Crippen LogP contribution in [0.25, 0.3) is 0 Å². The number of hydrogen-bond donors (Lipinski definition) is 1. The van der Waals surface area contributed by atoms with Crippen LogP contribution in [0, 0.1) is 5.41 Å². The van der Waals surface area contributed by atoms with Gasteiger partial charge in [0, 0.05) is 11.8 Å². The molecule has 1 fully saturated rings. The van der Waals surface area contributed by atoms with Gasteiger partial charge in [-0.2, -0.15) is 13.2 Å². The second kappa shape index (κ2) is 4.95. The zero-order valence-electron chi connectivity index (χ0n) is 9.16. The highest BCUT2D eigenvalue weighted by molar-refractivity contribution is 8.00. The van der Waals surface area contributed by atoms with Crippen molar-refractivity contribution in [1.29, 1.82) is 0 Å². The fraction of sp³-hybridized carbons (Fsp3) is 1.00. The molecule has 0 saturated heterocycles. The fourth-order valence-corrected chi connectivity index (χ4v) is 2.69. The molecule has 1 N–H and O–H groups in total. The number of hydrogen-bond acceptors (Lipinski definition) is 2. The summed E-state index contributed by atoms with van der Waals surface area (Å²) in [6.07, 6.45) is 2.81. The number of halogens is 3. The predicted molar refractivity (Wildman–Crippen MR) is 57.9 cm³/mol. The Labute approximate surface area is 93.2 Å². The Hall–Kier alpha value is 0.100. The first-order valence-corrected chi connectivity index (χ1v) is 6.32. The zero-order valence-corrected chi connectivity index (χ0v) is 9.97. The van der Waals surface area contributed by atoms with Gasteiger partial charge in [0.1, 0.15) is 0 Å². The third-order valence-electron chi connectivity index (χ3n) is 3.19. The Balaban J connectivity index is 2.25. The minimum Gasteiger partial charge on any atom is -0.314 e. The molecule has 15 heavy (non-hydrogen) atoms. The van der Waals surface area contributed by atoms with E-state index in [1.165, 1.54) is 0 Å². The van der Waals surface area contributed by atoms with Gasteiger partial charge in [-0.25, -0.2) is 0 Å². The summed E-state index contributed by atoms with van der Waals surface area (Å²) in [5.41, 5.74) is -3.92. The highest BCUT2D eigenvalue weighted by Gasteiger charge is 2.46. The smallest absolute Gasteiger partial charge is 0.314 e. The molecular formula is C10H18F3NS. The molecule has 0 radical (unpaired) electrons. The van der Waals surface area contributed by atoms with Crippen molar-refractivity contribution in [1.82, 2.24) is 5.32 Å². The lowest BCUT2D eigenvalue weighted by atomic mass is 9.95. The van der Waals surface area contributed by atoms with E-state index < -0.39 is 5.51 Å². The predicted octanol–water partition coefficient (Wildman–Crippen LogP) is 3.41. The highest BCUT2D eigenvalue weighted by atomic mass is 32.2. The van der Waals surface area contributed by atoms with E-state index in [-0.39, 0.29) is 22.9 Å². The maximum absolute atomic E-state index is 11.9. The van der Waals surface area contributed by atoms with Gasteiger partial charge in [-0.1, -0.05) is 18.7 Å². The van der Waals surface area contributed by atoms with Gasteiger partial charge in [0.05, 0.1) is 0 Å². The summed E-state index contributed by atoms with van der Waals surface area (Å²) < 4.78 is 35.8. The molecule has 0 aromatic heterocycles. The van der Waals surface area contributed by atoms with E-state index in [0.717, 1.165) is 19.4 Å². The Morgan fingerprint density at radius 2 is 2.00 bits per heavy atom. The zero-order chi connectivity index (χ0) is 11.5. The van der Waals surface area contributed by atoms with Crippen LogP contribution < -0.4 is 5.32 Å². The van der Waals surface area contributed by atoms with Crippen molar-refractivity contribution < 1.29 is 13.2 Å². The largest absolute Gasteiger partial charge is 0.441 e. The first-order valence-electron chi connectivity index (χ1n) is 5.34. The van der Waals surface area contributed by atoms with Gasteiger partial charge >= 0.3 is 5.51 Å². The Morgan fingerprint density at radius 3 is 2.40 bits per heavy atom. The number of alkyl halides is 3. The van der Waals surface area contributed by atoms with E-state index in [9.17, 15) is 13.2 Å². The molecule has 1 aliphatic rings. The second-order valence-electron chi connectivity index (χ2n) is 4.19. The molecular weight excluding hydrogens is 223 g/mol. The highest BCUT2D eigenvalue weighted by Crippen LogP contribution is 2.52. The molecule has 90 valence electrons. The van der Waals surface area contributed by atoms with E-state index in [0.29, 0.717) is 12.5 Å². The van der Waals surface area contributed by atoms with Crippen LogP contribution in [0.1, 0.15) is 33.1 Å². The lowest BCUT2D eigenvalue weighted by Crippen LogP contribution is -2.35. The van der Waals surface area contributed by atoms with Crippen molar-refractivity contribution in [3.8, 4) is 0 Å². The van der Waals surface area contributed by atoms with Crippen LogP contribution in [-0.2, 0) is 0 Å². The molecule has 0 bridgehead atoms. The minimum absolute atomic E-state index is 0.108. The maximum Gasteiger partial charge on any atom is 0.441 e. The topological polar surface area (TPSA) is 12.0 Å². The SMILES string of the molecule is CCNC(C)C1(CCSC(F)(F)F)CC1. The van der Waals surface area contributed by atoms with Crippen molar-refractivity contribution >= 4 is 11.8 Å². The van der Waals surface area contributed by atoms with Crippen molar-refractivity contribution in [3.05, 3.63) is 0 Å². The minimum atomic E-state index is -4.07. The van der Waals surface area contributed by atoms with Crippen molar-refractivity contribution in [3.63, 3.8) is 0 Å². The first kappa shape index (κ1) is 13.2. The summed E-state index contributed by atoms with van der Waals surface area (Å²) in [4.78, 5) is 0. The maximum atomic E-state index is 11.9. The molecule has 0 aliphatic heterocycles. The van der Waals surface area contributed by atoms with E-state index in [1.54, 1.807) is 0 Å². The molecule has 0 amide bonds. The first-order chi connectivity index (χ1) is 6.90. The van der Waals surface area contributed by atoms with Gasteiger partial charge in [-0.05, 0) is 38.1 Å². The van der Waals surface area contributed by atoms with Crippen LogP contribution in [-0.4, -0.2) is 23.8 Å². The third kappa shape index (κ3) is 4.23. The average molecular weight is 241 g/mol. The normalized spacial score (nSPS) is 21.4. The summed E-state index contributed by atoms with van der Waals surface area (Å²) in [5, 5.41) is 3.31. The monoisotopic (exact) mass is 241 g/mol. The Kier molecular flexibility index (Phi) is 4.35. The van der Waals surface area contributed by atoms with E-state index >= 15 is 0 Å². The average Bonchev–Trinajstić information content (AvgIpc) is 2.84. The van der Waals surface area contributed by atoms with Gasteiger partial charge in [-0.3, -0.25) is 0 Å². The van der Waals surface area contributed by atoms with Crippen LogP contribution in [0.3, 0.4) is 0 Å². The number of thioether (sulfide) groups is 1. The van der Waals surface area contributed by atoms with E-state index in [2.05, 4.69) is 12.2 Å². The summed E-state index contributed by atoms with van der Waals surface area (Å²) in [5.74, 6) is 0.194. The third-order valence-corrected chi connectivity index (χ3v) is 3.92. The molecule has 1 nitrogen and oxygen atoms in total. The molecule has 0 heterocycles. The van der Waals surface area contributed by atoms with Crippen molar-refractivity contribution in [2.24, 2.45) is 5.41 Å². The fourth-order valence-electron chi connectivity index (χ4n) is 1.95. The lowest BCUT2D eigenvalue weighted by molar-refractivity contribution is -0.0328. The molecule has 0 spiro atoms. The Bertz CT molecular complexity index is 201. The second-order valence-corrected chi connectivity index (χ2v) is 5.35. The molecule has 1 aliphatic carbocycles. The van der Waals surface area contributed by atoms with Crippen molar-refractivity contribution in [2.75, 3.05) is 12.3 Å². The molecule has 1 atom stereocenters. The van der Waals surface area contributed by atoms with Crippen LogP contribution >= 0.6 is 11.8 Å². The Morgan fingerprint density at radius 1 is 1.40 bits per heavy atom. The molecule has 0 aromatic carbocycles. The van der Waals surface area contributed by atoms with Gasteiger partial charge in [-0.15, -0.1) is 0 Å². The standard InChI is InChI=1S/C10H18F3NS/c1-3-14-8(2)9(4-5-9)6-7-15-10(11,12)13/h8,14H,3-7H2,1-2H3. The van der Waals surface area contributed by atoms with Gasteiger partial charge in [0.2, 0.25) is 0 Å². The quantitative estimate of drug-likeness (QED) is 0.765. The van der Waals surface area contributed by atoms with Crippen molar-refractivity contribution in [2.45, 2.75) is 44.7 Å². The van der Waals surface area contributed by atoms with Gasteiger partial charge < -0.3 is 5.32 Å². The van der Waals surface area contributed by atoms with Gasteiger partial charge in [0.15, 0.2) is 0 Å². The van der Waals surface area contributed by atoms with Crippen LogP contribution in [0.4, 0.5) is 13.2 Å². The van der Waals surface area contributed by atoms with Gasteiger partial charge in [0.25, 0.3) is 0 Å². The summed E-state index contributed by atoms with van der Waals surface area (Å²) in [6, 6.07) is 0.344. The summed E-state index contributed by atoms with van der Waals surface area (Å²) >= 11 is 0.108. The molecule has 0 aromatic rings. The summed E-state index contributed by atoms with van der Waals surface area (Å²) in [6.45, 7) is 4.99. The van der Waals surface area contributed by atoms with E-state index in [4.69, 9.17) is 0 Å². The lowest BCUT2D eigenvalue weighted by Gasteiger charge is -2.24. The van der Waals surface area contributed by atoms with Crippen LogP contribution in [0.15, 0.2) is 0 Å². The molecule has 1 saturated carbocycles. The molecule has 5 heteroatoms. The summed E-state index contributed by atoms with van der Waals surface area (Å²) in [7, 11) is 0. The van der Waals surface area contributed by atoms with Crippen LogP contribution in [0.2, 0.25) is 0 Å². The van der Waals surface area contributed by atoms with E-state index in [1.807, 2.05) is 6.92 Å². The molecule has 1 unspecified atom stereocenters. The number of nitrogens with one attached hydrogen (secondary N) is 1.